The van der Waals surface area contributed by atoms with Crippen molar-refractivity contribution in [3.8, 4) is 11.1 Å². The number of benzene rings is 1. The van der Waals surface area contributed by atoms with E-state index in [0.717, 1.165) is 28.2 Å². The molecule has 0 fully saturated rings. The highest BCUT2D eigenvalue weighted by atomic mass is 14.7. The Morgan fingerprint density at radius 1 is 1.07 bits per heavy atom. The molecule has 1 aromatic heterocycles. The number of nitrogen functional groups attached to an aromatic ring is 1. The molecule has 0 amide bonds. The summed E-state index contributed by atoms with van der Waals surface area (Å²) in [6, 6.07) is 12.0. The van der Waals surface area contributed by atoms with Crippen LogP contribution >= 0.6 is 0 Å². The fraction of sp³-hybridized carbons (Fsp3) is 0.154. The van der Waals surface area contributed by atoms with Crippen LogP contribution in [0.3, 0.4) is 0 Å². The zero-order chi connectivity index (χ0) is 10.8. The molecule has 0 bridgehead atoms. The molecule has 1 heterocycles. The highest BCUT2D eigenvalue weighted by Crippen LogP contribution is 2.23. The largest absolute Gasteiger partial charge is 0.399 e. The van der Waals surface area contributed by atoms with Crippen LogP contribution < -0.4 is 5.73 Å². The van der Waals surface area contributed by atoms with E-state index in [0.29, 0.717) is 0 Å². The van der Waals surface area contributed by atoms with E-state index in [1.807, 2.05) is 38.1 Å². The lowest BCUT2D eigenvalue weighted by Crippen LogP contribution is -1.91. The quantitative estimate of drug-likeness (QED) is 0.715. The Bertz CT molecular complexity index is 490. The molecule has 0 unspecified atom stereocenters. The Morgan fingerprint density at radius 2 is 1.87 bits per heavy atom. The molecule has 0 aliphatic heterocycles. The van der Waals surface area contributed by atoms with E-state index in [2.05, 4.69) is 17.1 Å². The van der Waals surface area contributed by atoms with Crippen molar-refractivity contribution >= 4 is 5.69 Å². The number of nitrogens with two attached hydrogens (primary N) is 1. The van der Waals surface area contributed by atoms with Crippen LogP contribution in [0.2, 0.25) is 0 Å². The van der Waals surface area contributed by atoms with Crippen LogP contribution in [0.25, 0.3) is 11.1 Å². The molecule has 0 atom stereocenters. The fourth-order valence-corrected chi connectivity index (χ4v) is 1.70. The van der Waals surface area contributed by atoms with Gasteiger partial charge < -0.3 is 5.73 Å². The van der Waals surface area contributed by atoms with Crippen molar-refractivity contribution in [3.63, 3.8) is 0 Å². The molecular formula is C13H14N2. The van der Waals surface area contributed by atoms with Gasteiger partial charge in [-0.15, -0.1) is 0 Å². The second-order valence-corrected chi connectivity index (χ2v) is 3.71. The first kappa shape index (κ1) is 9.71. The molecule has 0 aliphatic carbocycles. The molecule has 0 aliphatic rings. The summed E-state index contributed by atoms with van der Waals surface area (Å²) in [5.74, 6) is 0. The summed E-state index contributed by atoms with van der Waals surface area (Å²) in [5.41, 5.74) is 10.9. The first-order chi connectivity index (χ1) is 7.16. The number of hydrogen-bond donors (Lipinski definition) is 1. The molecule has 2 nitrogen and oxygen atoms in total. The van der Waals surface area contributed by atoms with Gasteiger partial charge in [0, 0.05) is 22.6 Å². The second kappa shape index (κ2) is 3.73. The molecule has 0 saturated carbocycles. The van der Waals surface area contributed by atoms with Gasteiger partial charge in [-0.1, -0.05) is 18.2 Å². The van der Waals surface area contributed by atoms with Gasteiger partial charge in [-0.25, -0.2) is 0 Å². The van der Waals surface area contributed by atoms with Gasteiger partial charge in [-0.3, -0.25) is 4.98 Å². The first-order valence-electron chi connectivity index (χ1n) is 4.97. The number of rotatable bonds is 1. The van der Waals surface area contributed by atoms with Crippen LogP contribution in [0, 0.1) is 13.8 Å². The standard InChI is InChI=1S/C13H14N2/c1-9-6-7-13(10(2)15-9)11-4-3-5-12(14)8-11/h3-8H,14H2,1-2H3. The average molecular weight is 198 g/mol. The predicted molar refractivity (Wildman–Crippen MR) is 63.6 cm³/mol. The van der Waals surface area contributed by atoms with Crippen molar-refractivity contribution in [2.75, 3.05) is 5.73 Å². The van der Waals surface area contributed by atoms with E-state index in [1.165, 1.54) is 0 Å². The Kier molecular flexibility index (Phi) is 2.42. The van der Waals surface area contributed by atoms with Crippen LogP contribution in [0.1, 0.15) is 11.4 Å². The maximum atomic E-state index is 5.76. The van der Waals surface area contributed by atoms with Gasteiger partial charge in [0.25, 0.3) is 0 Å². The van der Waals surface area contributed by atoms with E-state index >= 15 is 0 Å². The SMILES string of the molecule is Cc1ccc(-c2cccc(N)c2)c(C)n1. The van der Waals surface area contributed by atoms with Gasteiger partial charge in [0.1, 0.15) is 0 Å². The highest BCUT2D eigenvalue weighted by molar-refractivity contribution is 5.69. The number of pyridine rings is 1. The molecule has 0 saturated heterocycles. The number of anilines is 1. The summed E-state index contributed by atoms with van der Waals surface area (Å²) in [6.07, 6.45) is 0. The van der Waals surface area contributed by atoms with Crippen LogP contribution in [0.5, 0.6) is 0 Å². The topological polar surface area (TPSA) is 38.9 Å². The van der Waals surface area contributed by atoms with Crippen LogP contribution in [0.4, 0.5) is 5.69 Å². The normalized spacial score (nSPS) is 10.3. The lowest BCUT2D eigenvalue weighted by Gasteiger charge is -2.06. The average Bonchev–Trinajstić information content (AvgIpc) is 2.17. The molecule has 2 aromatic rings. The van der Waals surface area contributed by atoms with Crippen molar-refractivity contribution in [2.45, 2.75) is 13.8 Å². The third-order valence-corrected chi connectivity index (χ3v) is 2.42. The Balaban J connectivity index is 2.54. The Labute approximate surface area is 89.8 Å². The second-order valence-electron chi connectivity index (χ2n) is 3.71. The van der Waals surface area contributed by atoms with Crippen molar-refractivity contribution in [1.29, 1.82) is 0 Å². The third-order valence-electron chi connectivity index (χ3n) is 2.42. The van der Waals surface area contributed by atoms with E-state index in [1.54, 1.807) is 0 Å². The molecule has 2 rings (SSSR count). The maximum absolute atomic E-state index is 5.76. The van der Waals surface area contributed by atoms with Gasteiger partial charge in [0.05, 0.1) is 0 Å². The summed E-state index contributed by atoms with van der Waals surface area (Å²) in [5, 5.41) is 0. The Hall–Kier alpha value is -1.83. The molecular weight excluding hydrogens is 184 g/mol. The van der Waals surface area contributed by atoms with E-state index in [4.69, 9.17) is 5.73 Å². The summed E-state index contributed by atoms with van der Waals surface area (Å²) >= 11 is 0. The highest BCUT2D eigenvalue weighted by Gasteiger charge is 2.02. The van der Waals surface area contributed by atoms with Gasteiger partial charge in [-0.2, -0.15) is 0 Å². The molecule has 0 spiro atoms. The zero-order valence-electron chi connectivity index (χ0n) is 8.99. The van der Waals surface area contributed by atoms with Gasteiger partial charge >= 0.3 is 0 Å². The van der Waals surface area contributed by atoms with Crippen LogP contribution in [-0.4, -0.2) is 4.98 Å². The summed E-state index contributed by atoms with van der Waals surface area (Å²) in [6.45, 7) is 4.02. The molecule has 76 valence electrons. The van der Waals surface area contributed by atoms with Crippen molar-refractivity contribution in [2.24, 2.45) is 0 Å². The molecule has 0 radical (unpaired) electrons. The summed E-state index contributed by atoms with van der Waals surface area (Å²) in [7, 11) is 0. The van der Waals surface area contributed by atoms with Crippen molar-refractivity contribution in [3.05, 3.63) is 47.8 Å². The minimum absolute atomic E-state index is 0.785. The first-order valence-corrected chi connectivity index (χ1v) is 4.97. The van der Waals surface area contributed by atoms with Crippen molar-refractivity contribution in [1.82, 2.24) is 4.98 Å². The smallest absolute Gasteiger partial charge is 0.0454 e. The summed E-state index contributed by atoms with van der Waals surface area (Å²) < 4.78 is 0. The predicted octanol–water partition coefficient (Wildman–Crippen LogP) is 2.95. The van der Waals surface area contributed by atoms with Gasteiger partial charge in [0.15, 0.2) is 0 Å². The molecule has 15 heavy (non-hydrogen) atoms. The number of aromatic nitrogens is 1. The van der Waals surface area contributed by atoms with Crippen molar-refractivity contribution < 1.29 is 0 Å². The Morgan fingerprint density at radius 3 is 2.53 bits per heavy atom. The van der Waals surface area contributed by atoms with E-state index in [9.17, 15) is 0 Å². The molecule has 1 aromatic carbocycles. The number of nitrogens with zero attached hydrogens (tertiary/aromatic N) is 1. The van der Waals surface area contributed by atoms with E-state index in [-0.39, 0.29) is 0 Å². The third kappa shape index (κ3) is 1.99. The van der Waals surface area contributed by atoms with Crippen LogP contribution in [0.15, 0.2) is 36.4 Å². The monoisotopic (exact) mass is 198 g/mol. The summed E-state index contributed by atoms with van der Waals surface area (Å²) in [4.78, 5) is 4.44. The van der Waals surface area contributed by atoms with Gasteiger partial charge in [0.2, 0.25) is 0 Å². The lowest BCUT2D eigenvalue weighted by molar-refractivity contribution is 1.13. The lowest BCUT2D eigenvalue weighted by atomic mass is 10.0. The maximum Gasteiger partial charge on any atom is 0.0454 e. The molecule has 2 N–H and O–H groups in total. The number of hydrogen-bond acceptors (Lipinski definition) is 2. The zero-order valence-corrected chi connectivity index (χ0v) is 8.99. The minimum Gasteiger partial charge on any atom is -0.399 e. The molecule has 2 heteroatoms. The van der Waals surface area contributed by atoms with E-state index < -0.39 is 0 Å². The van der Waals surface area contributed by atoms with Gasteiger partial charge in [-0.05, 0) is 37.6 Å². The number of aryl methyl sites for hydroxylation is 2. The van der Waals surface area contributed by atoms with Crippen LogP contribution in [-0.2, 0) is 0 Å². The fourth-order valence-electron chi connectivity index (χ4n) is 1.70. The minimum atomic E-state index is 0.785.